The maximum absolute atomic E-state index is 13.2. The average Bonchev–Trinajstić information content (AvgIpc) is 3.22. The van der Waals surface area contributed by atoms with Gasteiger partial charge in [0.25, 0.3) is 0 Å². The molecule has 4 atom stereocenters. The largest absolute Gasteiger partial charge is 0.493 e. The number of carbonyl (C=O) groups excluding carboxylic acids is 2. The number of benzene rings is 1. The first kappa shape index (κ1) is 26.0. The highest BCUT2D eigenvalue weighted by atomic mass is 16.5. The maximum Gasteiger partial charge on any atom is 0.247 e. The lowest BCUT2D eigenvalue weighted by Gasteiger charge is -2.41. The highest BCUT2D eigenvalue weighted by molar-refractivity contribution is 5.96. The number of hydrogen-bond acceptors (Lipinski definition) is 8. The lowest BCUT2D eigenvalue weighted by Crippen LogP contribution is -2.57. The van der Waals surface area contributed by atoms with Gasteiger partial charge >= 0.3 is 0 Å². The molecule has 1 aromatic carbocycles. The van der Waals surface area contributed by atoms with Crippen molar-refractivity contribution in [3.63, 3.8) is 0 Å². The van der Waals surface area contributed by atoms with Gasteiger partial charge < -0.3 is 39.7 Å². The first-order chi connectivity index (χ1) is 16.3. The molecule has 0 aromatic heterocycles. The average molecular weight is 479 g/mol. The predicted octanol–water partition coefficient (Wildman–Crippen LogP) is -0.0589. The number of methoxy groups -OCH3 is 2. The molecule has 3 rings (SSSR count). The number of carbonyl (C=O) groups is 2. The van der Waals surface area contributed by atoms with Crippen LogP contribution >= 0.6 is 0 Å². The molecule has 1 aliphatic heterocycles. The second-order valence-electron chi connectivity index (χ2n) is 8.70. The van der Waals surface area contributed by atoms with Crippen LogP contribution in [-0.4, -0.2) is 90.8 Å². The first-order valence-electron chi connectivity index (χ1n) is 11.4. The molecular weight excluding hydrogens is 444 g/mol. The van der Waals surface area contributed by atoms with Crippen LogP contribution < -0.4 is 14.8 Å². The lowest BCUT2D eigenvalue weighted by atomic mass is 9.77. The van der Waals surface area contributed by atoms with Gasteiger partial charge in [-0.05, 0) is 23.8 Å². The van der Waals surface area contributed by atoms with Crippen molar-refractivity contribution in [3.8, 4) is 11.5 Å². The van der Waals surface area contributed by atoms with E-state index in [0.717, 1.165) is 0 Å². The highest BCUT2D eigenvalue weighted by Gasteiger charge is 2.51. The molecule has 0 saturated carbocycles. The van der Waals surface area contributed by atoms with E-state index in [1.54, 1.807) is 32.1 Å². The summed E-state index contributed by atoms with van der Waals surface area (Å²) >= 11 is 0. The number of fused-ring (bicyclic) bond motifs is 3. The van der Waals surface area contributed by atoms with E-state index in [2.05, 4.69) is 5.32 Å². The Hall–Kier alpha value is -2.66. The molecule has 4 N–H and O–H groups in total. The number of rotatable bonds is 10. The molecule has 0 radical (unpaired) electrons. The third-order valence-corrected chi connectivity index (χ3v) is 6.17. The fourth-order valence-corrected chi connectivity index (χ4v) is 4.55. The molecule has 1 aromatic rings. The summed E-state index contributed by atoms with van der Waals surface area (Å²) in [6.07, 6.45) is -0.410. The summed E-state index contributed by atoms with van der Waals surface area (Å²) in [6, 6.07) is 2.53. The zero-order valence-electron chi connectivity index (χ0n) is 20.0. The second kappa shape index (κ2) is 11.2. The molecule has 1 aliphatic carbocycles. The van der Waals surface area contributed by atoms with E-state index in [0.29, 0.717) is 28.2 Å². The van der Waals surface area contributed by atoms with Gasteiger partial charge in [0.15, 0.2) is 11.5 Å². The van der Waals surface area contributed by atoms with Crippen molar-refractivity contribution < 1.29 is 39.1 Å². The van der Waals surface area contributed by atoms with Crippen molar-refractivity contribution in [2.75, 3.05) is 40.5 Å². The molecule has 10 nitrogen and oxygen atoms in total. The summed E-state index contributed by atoms with van der Waals surface area (Å²) in [5, 5.41) is 33.0. The zero-order valence-corrected chi connectivity index (χ0v) is 20.0. The summed E-state index contributed by atoms with van der Waals surface area (Å²) in [4.78, 5) is 27.7. The number of nitrogens with one attached hydrogen (secondary N) is 1. The number of ether oxygens (including phenoxy) is 3. The SMILES string of the molecule is COCCN(C(=O)C(C)C)C1C=C(C(=O)NCCO)C2c3cc(CO)cc(OC)c3OC2C1O. The summed E-state index contributed by atoms with van der Waals surface area (Å²) in [7, 11) is 3.00. The van der Waals surface area contributed by atoms with E-state index in [1.165, 1.54) is 19.1 Å². The van der Waals surface area contributed by atoms with Gasteiger partial charge in [0.1, 0.15) is 12.2 Å². The summed E-state index contributed by atoms with van der Waals surface area (Å²) in [6.45, 7) is 3.58. The van der Waals surface area contributed by atoms with Crippen molar-refractivity contribution >= 4 is 11.8 Å². The van der Waals surface area contributed by atoms with Gasteiger partial charge in [-0.1, -0.05) is 13.8 Å². The molecule has 34 heavy (non-hydrogen) atoms. The van der Waals surface area contributed by atoms with Crippen LogP contribution in [-0.2, 0) is 20.9 Å². The van der Waals surface area contributed by atoms with Gasteiger partial charge in [-0.25, -0.2) is 0 Å². The second-order valence-corrected chi connectivity index (χ2v) is 8.70. The molecule has 2 amide bonds. The van der Waals surface area contributed by atoms with Gasteiger partial charge in [-0.15, -0.1) is 0 Å². The Bertz CT molecular complexity index is 932. The monoisotopic (exact) mass is 478 g/mol. The van der Waals surface area contributed by atoms with E-state index < -0.39 is 30.1 Å². The first-order valence-corrected chi connectivity index (χ1v) is 11.4. The van der Waals surface area contributed by atoms with Crippen molar-refractivity contribution in [1.82, 2.24) is 10.2 Å². The Morgan fingerprint density at radius 2 is 1.97 bits per heavy atom. The van der Waals surface area contributed by atoms with Crippen LogP contribution in [0.2, 0.25) is 0 Å². The molecule has 188 valence electrons. The van der Waals surface area contributed by atoms with Crippen LogP contribution in [0.3, 0.4) is 0 Å². The third kappa shape index (κ3) is 4.90. The number of aliphatic hydroxyl groups is 3. The Balaban J connectivity index is 2.13. The fourth-order valence-electron chi connectivity index (χ4n) is 4.55. The van der Waals surface area contributed by atoms with Crippen LogP contribution in [0.15, 0.2) is 23.8 Å². The zero-order chi connectivity index (χ0) is 25.0. The predicted molar refractivity (Wildman–Crippen MR) is 122 cm³/mol. The fraction of sp³-hybridized carbons (Fsp3) is 0.583. The van der Waals surface area contributed by atoms with Crippen LogP contribution in [0.5, 0.6) is 11.5 Å². The van der Waals surface area contributed by atoms with Gasteiger partial charge in [-0.3, -0.25) is 9.59 Å². The highest BCUT2D eigenvalue weighted by Crippen LogP contribution is 2.51. The summed E-state index contributed by atoms with van der Waals surface area (Å²) in [5.74, 6) is -0.858. The van der Waals surface area contributed by atoms with Crippen LogP contribution in [0.1, 0.15) is 30.9 Å². The Kier molecular flexibility index (Phi) is 8.53. The van der Waals surface area contributed by atoms with Crippen molar-refractivity contribution in [3.05, 3.63) is 34.9 Å². The quantitative estimate of drug-likeness (QED) is 0.367. The molecular formula is C24H34N2O8. The molecule has 0 bridgehead atoms. The van der Waals surface area contributed by atoms with Crippen LogP contribution in [0, 0.1) is 5.92 Å². The van der Waals surface area contributed by atoms with E-state index in [4.69, 9.17) is 14.2 Å². The summed E-state index contributed by atoms with van der Waals surface area (Å²) in [5.41, 5.74) is 1.49. The molecule has 0 fully saturated rings. The van der Waals surface area contributed by atoms with Gasteiger partial charge in [0, 0.05) is 37.3 Å². The molecule has 0 spiro atoms. The molecule has 0 saturated heterocycles. The lowest BCUT2D eigenvalue weighted by molar-refractivity contribution is -0.141. The van der Waals surface area contributed by atoms with Crippen molar-refractivity contribution in [1.29, 1.82) is 0 Å². The topological polar surface area (TPSA) is 138 Å². The molecule has 2 aliphatic rings. The number of amides is 2. The standard InChI is InChI=1S/C24H34N2O8/c1-13(2)24(31)26(6-8-32-3)17-11-16(23(30)25-5-7-27)19-15-9-14(12-28)10-18(33-4)21(15)34-22(19)20(17)29/h9-11,13,17,19-20,22,27-29H,5-8,12H2,1-4H3,(H,25,30). The summed E-state index contributed by atoms with van der Waals surface area (Å²) < 4.78 is 16.8. The van der Waals surface area contributed by atoms with Crippen LogP contribution in [0.4, 0.5) is 0 Å². The Morgan fingerprint density at radius 3 is 2.56 bits per heavy atom. The minimum atomic E-state index is -1.14. The van der Waals surface area contributed by atoms with Crippen molar-refractivity contribution in [2.45, 2.75) is 44.6 Å². The van der Waals surface area contributed by atoms with Gasteiger partial charge in [-0.2, -0.15) is 0 Å². The van der Waals surface area contributed by atoms with E-state index in [1.807, 2.05) is 0 Å². The minimum Gasteiger partial charge on any atom is -0.493 e. The minimum absolute atomic E-state index is 0.0484. The molecule has 4 unspecified atom stereocenters. The molecule has 10 heteroatoms. The van der Waals surface area contributed by atoms with Gasteiger partial charge in [0.2, 0.25) is 11.8 Å². The molecule has 1 heterocycles. The smallest absolute Gasteiger partial charge is 0.247 e. The number of hydrogen-bond donors (Lipinski definition) is 4. The normalized spacial score (nSPS) is 23.0. The van der Waals surface area contributed by atoms with Gasteiger partial charge in [0.05, 0.1) is 38.9 Å². The van der Waals surface area contributed by atoms with Crippen LogP contribution in [0.25, 0.3) is 0 Å². The van der Waals surface area contributed by atoms with E-state index in [9.17, 15) is 24.9 Å². The number of aliphatic hydroxyl groups excluding tert-OH is 3. The Labute approximate surface area is 199 Å². The van der Waals surface area contributed by atoms with Crippen molar-refractivity contribution in [2.24, 2.45) is 5.92 Å². The van der Waals surface area contributed by atoms with E-state index >= 15 is 0 Å². The maximum atomic E-state index is 13.2. The van der Waals surface area contributed by atoms with E-state index in [-0.39, 0.29) is 44.7 Å². The Morgan fingerprint density at radius 1 is 1.24 bits per heavy atom. The third-order valence-electron chi connectivity index (χ3n) is 6.17. The number of nitrogens with zero attached hydrogens (tertiary/aromatic N) is 1.